The Balaban J connectivity index is 1.76. The average molecular weight is 617 g/mol. The van der Waals surface area contributed by atoms with Crippen LogP contribution in [0.3, 0.4) is 0 Å². The summed E-state index contributed by atoms with van der Waals surface area (Å²) >= 11 is 0. The van der Waals surface area contributed by atoms with Gasteiger partial charge >= 0.3 is 6.03 Å². The molecule has 0 spiro atoms. The largest absolute Gasteiger partial charge is 0.346 e. The van der Waals surface area contributed by atoms with Crippen LogP contribution in [0.1, 0.15) is 91.9 Å². The minimum Gasteiger partial charge on any atom is -0.346 e. The third-order valence-electron chi connectivity index (χ3n) is 8.80. The van der Waals surface area contributed by atoms with E-state index in [0.29, 0.717) is 32.4 Å². The van der Waals surface area contributed by atoms with E-state index < -0.39 is 65.0 Å². The molecule has 0 radical (unpaired) electrons. The van der Waals surface area contributed by atoms with Gasteiger partial charge in [-0.3, -0.25) is 24.0 Å². The van der Waals surface area contributed by atoms with E-state index in [-0.39, 0.29) is 18.4 Å². The predicted molar refractivity (Wildman–Crippen MR) is 166 cm³/mol. The molecule has 3 rings (SSSR count). The van der Waals surface area contributed by atoms with E-state index in [9.17, 15) is 28.8 Å². The van der Waals surface area contributed by atoms with Gasteiger partial charge in [0.15, 0.2) is 0 Å². The maximum atomic E-state index is 14.1. The highest BCUT2D eigenvalue weighted by molar-refractivity contribution is 6.38. The molecule has 12 heteroatoms. The van der Waals surface area contributed by atoms with E-state index in [1.165, 1.54) is 11.0 Å². The lowest BCUT2D eigenvalue weighted by molar-refractivity contribution is -0.145. The Bertz CT molecular complexity index is 1080. The van der Waals surface area contributed by atoms with Crippen LogP contribution in [0.4, 0.5) is 4.79 Å². The molecule has 4 atom stereocenters. The number of nitrogens with one attached hydrogen (secondary N) is 5. The summed E-state index contributed by atoms with van der Waals surface area (Å²) in [5, 5.41) is 13.7. The van der Waals surface area contributed by atoms with Gasteiger partial charge in [0, 0.05) is 19.6 Å². The smallest absolute Gasteiger partial charge is 0.315 e. The third-order valence-corrected chi connectivity index (χ3v) is 8.80. The van der Waals surface area contributed by atoms with E-state index in [2.05, 4.69) is 33.2 Å². The van der Waals surface area contributed by atoms with Crippen LogP contribution in [0.25, 0.3) is 0 Å². The molecular weight excluding hydrogens is 564 g/mol. The van der Waals surface area contributed by atoms with Crippen LogP contribution in [0.15, 0.2) is 12.7 Å². The van der Waals surface area contributed by atoms with Crippen LogP contribution in [-0.2, 0) is 24.0 Å². The van der Waals surface area contributed by atoms with Crippen molar-refractivity contribution in [3.05, 3.63) is 12.7 Å². The number of carbonyl (C=O) groups is 6. The lowest BCUT2D eigenvalue weighted by Gasteiger charge is -2.37. The van der Waals surface area contributed by atoms with Crippen LogP contribution in [-0.4, -0.2) is 84.1 Å². The number of rotatable bonds is 14. The number of amides is 6. The first kappa shape index (κ1) is 35.0. The quantitative estimate of drug-likeness (QED) is 0.148. The van der Waals surface area contributed by atoms with Gasteiger partial charge in [-0.2, -0.15) is 0 Å². The third kappa shape index (κ3) is 9.79. The molecule has 1 heterocycles. The molecule has 44 heavy (non-hydrogen) atoms. The Morgan fingerprint density at radius 1 is 0.886 bits per heavy atom. The summed E-state index contributed by atoms with van der Waals surface area (Å²) in [4.78, 5) is 80.7. The van der Waals surface area contributed by atoms with Crippen LogP contribution < -0.4 is 26.6 Å². The maximum Gasteiger partial charge on any atom is 0.315 e. The molecule has 5 N–H and O–H groups in total. The predicted octanol–water partition coefficient (Wildman–Crippen LogP) is 1.93. The molecule has 3 fully saturated rings. The fourth-order valence-corrected chi connectivity index (χ4v) is 6.16. The van der Waals surface area contributed by atoms with Gasteiger partial charge in [0.2, 0.25) is 23.5 Å². The maximum absolute atomic E-state index is 14.1. The van der Waals surface area contributed by atoms with Crippen molar-refractivity contribution >= 4 is 35.4 Å². The molecule has 246 valence electrons. The van der Waals surface area contributed by atoms with Crippen molar-refractivity contribution in [2.24, 2.45) is 17.3 Å². The Morgan fingerprint density at radius 2 is 1.57 bits per heavy atom. The number of ketones is 1. The van der Waals surface area contributed by atoms with Gasteiger partial charge in [0.05, 0.1) is 6.04 Å². The fraction of sp³-hybridized carbons (Fsp3) is 0.750. The summed E-state index contributed by atoms with van der Waals surface area (Å²) in [7, 11) is 0. The van der Waals surface area contributed by atoms with Crippen molar-refractivity contribution in [1.82, 2.24) is 31.5 Å². The van der Waals surface area contributed by atoms with Gasteiger partial charge in [-0.1, -0.05) is 59.0 Å². The summed E-state index contributed by atoms with van der Waals surface area (Å²) in [5.74, 6) is -2.56. The van der Waals surface area contributed by atoms with Crippen molar-refractivity contribution in [2.75, 3.05) is 19.6 Å². The molecule has 0 aromatic carbocycles. The highest BCUT2D eigenvalue weighted by atomic mass is 16.2. The summed E-state index contributed by atoms with van der Waals surface area (Å²) in [6.45, 7) is 11.8. The zero-order chi connectivity index (χ0) is 32.4. The Labute approximate surface area is 261 Å². The number of nitrogens with zero attached hydrogens (tertiary/aromatic N) is 1. The van der Waals surface area contributed by atoms with Gasteiger partial charge < -0.3 is 31.5 Å². The van der Waals surface area contributed by atoms with Crippen molar-refractivity contribution < 1.29 is 28.8 Å². The number of hydrogen-bond acceptors (Lipinski definition) is 6. The minimum absolute atomic E-state index is 0.0444. The van der Waals surface area contributed by atoms with Crippen molar-refractivity contribution in [3.63, 3.8) is 0 Å². The summed E-state index contributed by atoms with van der Waals surface area (Å²) in [6.07, 6.45) is 9.33. The highest BCUT2D eigenvalue weighted by Gasteiger charge is 2.44. The molecule has 1 saturated heterocycles. The number of carbonyl (C=O) groups excluding carboxylic acids is 6. The summed E-state index contributed by atoms with van der Waals surface area (Å²) in [5.41, 5.74) is -0.702. The Hall–Kier alpha value is -3.44. The SMILES string of the molecule is C=CCNC(=O)C(=O)C(CC1CC1)NC(=O)[C@@H]1CCCN1C(=O)[C@@H](NC(=O)[C@@H](NC(=O)NCC)C1CCCCC1)C(C)(C)C. The lowest BCUT2D eigenvalue weighted by atomic mass is 9.82. The van der Waals surface area contributed by atoms with E-state index in [1.807, 2.05) is 20.8 Å². The number of urea groups is 1. The van der Waals surface area contributed by atoms with Gasteiger partial charge in [0.25, 0.3) is 5.91 Å². The lowest BCUT2D eigenvalue weighted by Crippen LogP contribution is -2.62. The first-order chi connectivity index (χ1) is 20.9. The van der Waals surface area contributed by atoms with Crippen LogP contribution >= 0.6 is 0 Å². The molecule has 3 aliphatic rings. The molecule has 0 aromatic rings. The second kappa shape index (κ2) is 16.0. The molecule has 6 amide bonds. The molecule has 1 aliphatic heterocycles. The Morgan fingerprint density at radius 3 is 2.16 bits per heavy atom. The van der Waals surface area contributed by atoms with Crippen LogP contribution in [0, 0.1) is 17.3 Å². The first-order valence-corrected chi connectivity index (χ1v) is 16.3. The van der Waals surface area contributed by atoms with Gasteiger partial charge in [0.1, 0.15) is 18.1 Å². The van der Waals surface area contributed by atoms with Crippen molar-refractivity contribution in [3.8, 4) is 0 Å². The highest BCUT2D eigenvalue weighted by Crippen LogP contribution is 2.34. The van der Waals surface area contributed by atoms with E-state index in [0.717, 1.165) is 44.9 Å². The molecule has 2 saturated carbocycles. The second-order valence-corrected chi connectivity index (χ2v) is 13.5. The minimum atomic E-state index is -0.980. The van der Waals surface area contributed by atoms with Gasteiger partial charge in [-0.05, 0) is 56.3 Å². The van der Waals surface area contributed by atoms with Crippen LogP contribution in [0.2, 0.25) is 0 Å². The van der Waals surface area contributed by atoms with Gasteiger partial charge in [-0.25, -0.2) is 4.79 Å². The molecule has 1 unspecified atom stereocenters. The fourth-order valence-electron chi connectivity index (χ4n) is 6.16. The number of likely N-dealkylation sites (tertiary alicyclic amines) is 1. The monoisotopic (exact) mass is 616 g/mol. The van der Waals surface area contributed by atoms with E-state index in [1.54, 1.807) is 6.92 Å². The molecule has 12 nitrogen and oxygen atoms in total. The first-order valence-electron chi connectivity index (χ1n) is 16.3. The number of Topliss-reactive ketones (excluding diaryl/α,β-unsaturated/α-hetero) is 1. The summed E-state index contributed by atoms with van der Waals surface area (Å²) < 4.78 is 0. The second-order valence-electron chi connectivity index (χ2n) is 13.5. The Kier molecular flexibility index (Phi) is 12.8. The van der Waals surface area contributed by atoms with Gasteiger partial charge in [-0.15, -0.1) is 6.58 Å². The summed E-state index contributed by atoms with van der Waals surface area (Å²) in [6, 6.07) is -4.00. The van der Waals surface area contributed by atoms with Crippen molar-refractivity contribution in [1.29, 1.82) is 0 Å². The normalized spacial score (nSPS) is 20.9. The van der Waals surface area contributed by atoms with E-state index in [4.69, 9.17) is 0 Å². The van der Waals surface area contributed by atoms with E-state index >= 15 is 0 Å². The molecule has 0 aromatic heterocycles. The average Bonchev–Trinajstić information content (AvgIpc) is 3.67. The molecular formula is C32H52N6O6. The zero-order valence-electron chi connectivity index (χ0n) is 26.8. The molecule has 2 aliphatic carbocycles. The van der Waals surface area contributed by atoms with Crippen molar-refractivity contribution in [2.45, 2.75) is 116 Å². The standard InChI is InChI=1S/C32H52N6O6/c1-6-17-34-29(42)25(39)22(19-20-15-16-20)35-27(40)23-14-11-18-38(23)30(43)26(32(3,4)5)37-28(41)24(36-31(44)33-7-2)21-12-9-8-10-13-21/h6,20-24,26H,1,7-19H2,2-5H3,(H,34,42)(H,35,40)(H,37,41)(H2,33,36,44)/t22?,23-,24-,26+/m0/s1. The number of hydrogen-bond donors (Lipinski definition) is 5. The topological polar surface area (TPSA) is 166 Å². The van der Waals surface area contributed by atoms with Crippen LogP contribution in [0.5, 0.6) is 0 Å². The zero-order valence-corrected chi connectivity index (χ0v) is 26.8. The molecule has 0 bridgehead atoms.